The Morgan fingerprint density at radius 3 is 2.93 bits per heavy atom. The summed E-state index contributed by atoms with van der Waals surface area (Å²) in [5, 5.41) is 11.1. The average Bonchev–Trinajstić information content (AvgIpc) is 2.66. The summed E-state index contributed by atoms with van der Waals surface area (Å²) in [4.78, 5) is 11.3. The maximum atomic E-state index is 11.3. The second-order valence-corrected chi connectivity index (χ2v) is 2.80. The average molecular weight is 198 g/mol. The molecule has 0 saturated heterocycles. The van der Waals surface area contributed by atoms with Gasteiger partial charge in [-0.15, -0.1) is 0 Å². The van der Waals surface area contributed by atoms with E-state index in [9.17, 15) is 4.79 Å². The Hall–Kier alpha value is -1.33. The van der Waals surface area contributed by atoms with Gasteiger partial charge in [0.15, 0.2) is 5.76 Å². The van der Waals surface area contributed by atoms with Crippen molar-refractivity contribution in [2.45, 2.75) is 13.0 Å². The number of amides is 1. The maximum absolute atomic E-state index is 11.3. The Bertz CT molecular complexity index is 296. The number of aliphatic hydroxyl groups is 1. The molecule has 0 aliphatic carbocycles. The van der Waals surface area contributed by atoms with Crippen LogP contribution in [0.2, 0.25) is 0 Å². The summed E-state index contributed by atoms with van der Waals surface area (Å²) in [6.45, 7) is 0.782. The molecule has 1 rings (SSSR count). The molecule has 5 nitrogen and oxygen atoms in total. The fraction of sp³-hybridized carbons (Fsp3) is 0.444. The standard InChI is InChI=1S/C9H14N2O3/c10-6-7-2-3-8(14-7)9(13)11-4-1-5-12/h2-3,12H,1,4-6,10H2,(H,11,13). The number of hydrogen-bond donors (Lipinski definition) is 3. The monoisotopic (exact) mass is 198 g/mol. The first-order valence-corrected chi connectivity index (χ1v) is 4.45. The van der Waals surface area contributed by atoms with Crippen molar-refractivity contribution in [1.29, 1.82) is 0 Å². The Labute approximate surface area is 81.9 Å². The molecule has 1 aromatic heterocycles. The minimum absolute atomic E-state index is 0.0620. The third kappa shape index (κ3) is 2.86. The van der Waals surface area contributed by atoms with Gasteiger partial charge in [0.1, 0.15) is 5.76 Å². The van der Waals surface area contributed by atoms with Crippen molar-refractivity contribution in [2.75, 3.05) is 13.2 Å². The molecule has 5 heteroatoms. The Morgan fingerprint density at radius 2 is 2.36 bits per heavy atom. The number of furan rings is 1. The van der Waals surface area contributed by atoms with Gasteiger partial charge in [0.25, 0.3) is 5.91 Å². The van der Waals surface area contributed by atoms with Crippen molar-refractivity contribution >= 4 is 5.91 Å². The first-order chi connectivity index (χ1) is 6.77. The minimum Gasteiger partial charge on any atom is -0.455 e. The first kappa shape index (κ1) is 10.7. The zero-order valence-electron chi connectivity index (χ0n) is 7.82. The van der Waals surface area contributed by atoms with E-state index in [-0.39, 0.29) is 24.8 Å². The van der Waals surface area contributed by atoms with Crippen LogP contribution in [0, 0.1) is 0 Å². The van der Waals surface area contributed by atoms with E-state index in [1.807, 2.05) is 0 Å². The molecular formula is C9H14N2O3. The second-order valence-electron chi connectivity index (χ2n) is 2.80. The van der Waals surface area contributed by atoms with E-state index in [1.165, 1.54) is 0 Å². The van der Waals surface area contributed by atoms with Crippen molar-refractivity contribution in [3.63, 3.8) is 0 Å². The lowest BCUT2D eigenvalue weighted by Crippen LogP contribution is -2.24. The van der Waals surface area contributed by atoms with Crippen molar-refractivity contribution < 1.29 is 14.3 Å². The van der Waals surface area contributed by atoms with Gasteiger partial charge in [-0.3, -0.25) is 4.79 Å². The minimum atomic E-state index is -0.279. The molecule has 0 saturated carbocycles. The SMILES string of the molecule is NCc1ccc(C(=O)NCCCO)o1. The van der Waals surface area contributed by atoms with Crippen LogP contribution in [0.5, 0.6) is 0 Å². The van der Waals surface area contributed by atoms with Gasteiger partial charge in [0, 0.05) is 13.2 Å². The molecule has 4 N–H and O–H groups in total. The lowest BCUT2D eigenvalue weighted by molar-refractivity contribution is 0.0921. The number of carbonyl (C=O) groups is 1. The highest BCUT2D eigenvalue weighted by molar-refractivity contribution is 5.91. The van der Waals surface area contributed by atoms with Crippen LogP contribution in [0.1, 0.15) is 22.7 Å². The van der Waals surface area contributed by atoms with Gasteiger partial charge in [-0.25, -0.2) is 0 Å². The number of carbonyl (C=O) groups excluding carboxylic acids is 1. The zero-order valence-corrected chi connectivity index (χ0v) is 7.82. The zero-order chi connectivity index (χ0) is 10.4. The number of hydrogen-bond acceptors (Lipinski definition) is 4. The molecule has 1 aromatic rings. The normalized spacial score (nSPS) is 10.1. The molecular weight excluding hydrogens is 184 g/mol. The number of aliphatic hydroxyl groups excluding tert-OH is 1. The smallest absolute Gasteiger partial charge is 0.286 e. The van der Waals surface area contributed by atoms with Crippen molar-refractivity contribution in [3.8, 4) is 0 Å². The summed E-state index contributed by atoms with van der Waals surface area (Å²) in [6.07, 6.45) is 0.538. The van der Waals surface area contributed by atoms with E-state index in [2.05, 4.69) is 5.32 Å². The molecule has 0 spiro atoms. The van der Waals surface area contributed by atoms with Crippen molar-refractivity contribution in [1.82, 2.24) is 5.32 Å². The molecule has 78 valence electrons. The number of nitrogens with one attached hydrogen (secondary N) is 1. The summed E-state index contributed by atoms with van der Waals surface area (Å²) in [5.74, 6) is 0.554. The maximum Gasteiger partial charge on any atom is 0.286 e. The molecule has 1 heterocycles. The molecule has 0 aliphatic rings. The summed E-state index contributed by atoms with van der Waals surface area (Å²) >= 11 is 0. The molecule has 0 aliphatic heterocycles. The number of rotatable bonds is 5. The Kier molecular flexibility index (Phi) is 4.15. The Balaban J connectivity index is 2.44. The van der Waals surface area contributed by atoms with Crippen LogP contribution >= 0.6 is 0 Å². The fourth-order valence-corrected chi connectivity index (χ4v) is 0.978. The van der Waals surface area contributed by atoms with Gasteiger partial charge in [0.05, 0.1) is 6.54 Å². The predicted molar refractivity (Wildman–Crippen MR) is 50.6 cm³/mol. The fourth-order valence-electron chi connectivity index (χ4n) is 0.978. The summed E-state index contributed by atoms with van der Waals surface area (Å²) in [6, 6.07) is 3.25. The Morgan fingerprint density at radius 1 is 1.57 bits per heavy atom. The topological polar surface area (TPSA) is 88.5 Å². The molecule has 14 heavy (non-hydrogen) atoms. The largest absolute Gasteiger partial charge is 0.455 e. The molecule has 0 atom stereocenters. The van der Waals surface area contributed by atoms with Crippen molar-refractivity contribution in [2.24, 2.45) is 5.73 Å². The van der Waals surface area contributed by atoms with Crippen LogP contribution in [-0.2, 0) is 6.54 Å². The lowest BCUT2D eigenvalue weighted by atomic mass is 10.4. The van der Waals surface area contributed by atoms with E-state index in [0.717, 1.165) is 0 Å². The molecule has 1 amide bonds. The van der Waals surface area contributed by atoms with Gasteiger partial charge >= 0.3 is 0 Å². The van der Waals surface area contributed by atoms with E-state index in [4.69, 9.17) is 15.3 Å². The van der Waals surface area contributed by atoms with Gasteiger partial charge in [0.2, 0.25) is 0 Å². The first-order valence-electron chi connectivity index (χ1n) is 4.45. The second kappa shape index (κ2) is 5.41. The summed E-state index contributed by atoms with van der Waals surface area (Å²) in [5.41, 5.74) is 5.33. The quantitative estimate of drug-likeness (QED) is 0.574. The van der Waals surface area contributed by atoms with Crippen LogP contribution < -0.4 is 11.1 Å². The summed E-state index contributed by atoms with van der Waals surface area (Å²) in [7, 11) is 0. The van der Waals surface area contributed by atoms with Crippen LogP contribution in [-0.4, -0.2) is 24.2 Å². The van der Waals surface area contributed by atoms with Gasteiger partial charge < -0.3 is 20.6 Å². The highest BCUT2D eigenvalue weighted by Crippen LogP contribution is 2.06. The van der Waals surface area contributed by atoms with Crippen LogP contribution in [0.3, 0.4) is 0 Å². The van der Waals surface area contributed by atoms with E-state index >= 15 is 0 Å². The highest BCUT2D eigenvalue weighted by Gasteiger charge is 2.09. The van der Waals surface area contributed by atoms with E-state index < -0.39 is 0 Å². The van der Waals surface area contributed by atoms with Crippen LogP contribution in [0.4, 0.5) is 0 Å². The van der Waals surface area contributed by atoms with Crippen molar-refractivity contribution in [3.05, 3.63) is 23.7 Å². The van der Waals surface area contributed by atoms with Gasteiger partial charge in [-0.1, -0.05) is 0 Å². The third-order valence-corrected chi connectivity index (χ3v) is 1.71. The molecule has 0 radical (unpaired) electrons. The molecule has 0 unspecified atom stereocenters. The number of nitrogens with two attached hydrogens (primary N) is 1. The van der Waals surface area contributed by atoms with E-state index in [1.54, 1.807) is 12.1 Å². The highest BCUT2D eigenvalue weighted by atomic mass is 16.4. The third-order valence-electron chi connectivity index (χ3n) is 1.71. The molecule has 0 fully saturated rings. The summed E-state index contributed by atoms with van der Waals surface area (Å²) < 4.78 is 5.13. The lowest BCUT2D eigenvalue weighted by Gasteiger charge is -2.00. The van der Waals surface area contributed by atoms with Crippen LogP contribution in [0.15, 0.2) is 16.5 Å². The van der Waals surface area contributed by atoms with Gasteiger partial charge in [-0.05, 0) is 18.6 Å². The molecule has 0 aromatic carbocycles. The molecule has 0 bridgehead atoms. The van der Waals surface area contributed by atoms with E-state index in [0.29, 0.717) is 18.7 Å². The predicted octanol–water partition coefficient (Wildman–Crippen LogP) is -0.149. The van der Waals surface area contributed by atoms with Gasteiger partial charge in [-0.2, -0.15) is 0 Å². The van der Waals surface area contributed by atoms with Crippen LogP contribution in [0.25, 0.3) is 0 Å².